The summed E-state index contributed by atoms with van der Waals surface area (Å²) in [5.41, 5.74) is 6.65. The lowest BCUT2D eigenvalue weighted by atomic mass is 9.84. The molecular formula is C19H20N2. The Bertz CT molecular complexity index is 826. The average Bonchev–Trinajstić information content (AvgIpc) is 2.98. The summed E-state index contributed by atoms with van der Waals surface area (Å²) < 4.78 is 0. The van der Waals surface area contributed by atoms with Crippen LogP contribution in [0.5, 0.6) is 0 Å². The first kappa shape index (κ1) is 12.5. The SMILES string of the molecule is CC1c2c(cccc2-c2c[nH]c3ccccc23)NC1(C)C. The van der Waals surface area contributed by atoms with Gasteiger partial charge in [0, 0.05) is 39.8 Å². The predicted octanol–water partition coefficient (Wildman–Crippen LogP) is 5.14. The first-order valence-electron chi connectivity index (χ1n) is 7.55. The molecule has 1 aliphatic heterocycles. The zero-order valence-corrected chi connectivity index (χ0v) is 12.7. The Labute approximate surface area is 125 Å². The molecule has 3 aromatic rings. The molecule has 0 saturated heterocycles. The zero-order valence-electron chi connectivity index (χ0n) is 12.7. The van der Waals surface area contributed by atoms with Crippen molar-refractivity contribution in [1.82, 2.24) is 4.98 Å². The number of benzene rings is 2. The third-order valence-electron chi connectivity index (χ3n) is 4.96. The number of nitrogens with one attached hydrogen (secondary N) is 2. The monoisotopic (exact) mass is 276 g/mol. The van der Waals surface area contributed by atoms with E-state index >= 15 is 0 Å². The van der Waals surface area contributed by atoms with Gasteiger partial charge in [-0.2, -0.15) is 0 Å². The Balaban J connectivity index is 1.98. The maximum atomic E-state index is 3.66. The fourth-order valence-corrected chi connectivity index (χ4v) is 3.49. The summed E-state index contributed by atoms with van der Waals surface area (Å²) in [6.07, 6.45) is 2.14. The normalized spacial score (nSPS) is 19.5. The summed E-state index contributed by atoms with van der Waals surface area (Å²) in [6.45, 7) is 6.87. The molecule has 1 aromatic heterocycles. The largest absolute Gasteiger partial charge is 0.379 e. The molecule has 1 atom stereocenters. The Kier molecular flexibility index (Phi) is 2.47. The van der Waals surface area contributed by atoms with Crippen molar-refractivity contribution in [2.75, 3.05) is 5.32 Å². The lowest BCUT2D eigenvalue weighted by Crippen LogP contribution is -2.30. The lowest BCUT2D eigenvalue weighted by molar-refractivity contribution is 0.503. The lowest BCUT2D eigenvalue weighted by Gasteiger charge is -2.25. The topological polar surface area (TPSA) is 27.8 Å². The van der Waals surface area contributed by atoms with E-state index in [-0.39, 0.29) is 5.54 Å². The van der Waals surface area contributed by atoms with Crippen molar-refractivity contribution in [1.29, 1.82) is 0 Å². The molecule has 0 aliphatic carbocycles. The molecule has 0 spiro atoms. The van der Waals surface area contributed by atoms with Gasteiger partial charge in [0.15, 0.2) is 0 Å². The second kappa shape index (κ2) is 4.14. The van der Waals surface area contributed by atoms with E-state index in [1.165, 1.54) is 33.3 Å². The standard InChI is InChI=1S/C19H20N2/c1-12-18-14(8-6-10-17(18)21-19(12,2)3)15-11-20-16-9-5-4-7-13(15)16/h4-12,20-21H,1-3H3. The minimum atomic E-state index is 0.102. The van der Waals surface area contributed by atoms with Crippen molar-refractivity contribution in [3.05, 3.63) is 54.2 Å². The van der Waals surface area contributed by atoms with E-state index in [2.05, 4.69) is 79.7 Å². The maximum absolute atomic E-state index is 3.66. The maximum Gasteiger partial charge on any atom is 0.0460 e. The average molecular weight is 276 g/mol. The highest BCUT2D eigenvalue weighted by Crippen LogP contribution is 2.47. The first-order chi connectivity index (χ1) is 10.1. The molecule has 1 unspecified atom stereocenters. The molecule has 106 valence electrons. The smallest absolute Gasteiger partial charge is 0.0460 e. The van der Waals surface area contributed by atoms with Gasteiger partial charge in [0.05, 0.1) is 0 Å². The van der Waals surface area contributed by atoms with Crippen molar-refractivity contribution in [2.45, 2.75) is 32.2 Å². The molecule has 2 N–H and O–H groups in total. The fourth-order valence-electron chi connectivity index (χ4n) is 3.49. The Morgan fingerprint density at radius 2 is 1.76 bits per heavy atom. The van der Waals surface area contributed by atoms with Crippen LogP contribution >= 0.6 is 0 Å². The van der Waals surface area contributed by atoms with Crippen molar-refractivity contribution >= 4 is 16.6 Å². The van der Waals surface area contributed by atoms with Crippen LogP contribution in [-0.2, 0) is 0 Å². The summed E-state index contributed by atoms with van der Waals surface area (Å²) in [6, 6.07) is 15.1. The number of rotatable bonds is 1. The van der Waals surface area contributed by atoms with E-state index in [0.29, 0.717) is 5.92 Å². The number of fused-ring (bicyclic) bond motifs is 2. The number of anilines is 1. The van der Waals surface area contributed by atoms with Crippen LogP contribution < -0.4 is 5.32 Å². The highest BCUT2D eigenvalue weighted by Gasteiger charge is 2.37. The van der Waals surface area contributed by atoms with Crippen LogP contribution in [0.2, 0.25) is 0 Å². The molecule has 4 rings (SSSR count). The van der Waals surface area contributed by atoms with Gasteiger partial charge in [-0.15, -0.1) is 0 Å². The minimum absolute atomic E-state index is 0.102. The summed E-state index contributed by atoms with van der Waals surface area (Å²) >= 11 is 0. The van der Waals surface area contributed by atoms with Crippen LogP contribution in [0.3, 0.4) is 0 Å². The van der Waals surface area contributed by atoms with E-state index in [9.17, 15) is 0 Å². The molecule has 0 radical (unpaired) electrons. The van der Waals surface area contributed by atoms with Crippen LogP contribution in [0.1, 0.15) is 32.3 Å². The number of hydrogen-bond donors (Lipinski definition) is 2. The quantitative estimate of drug-likeness (QED) is 0.632. The van der Waals surface area contributed by atoms with E-state index in [0.717, 1.165) is 0 Å². The molecule has 2 heteroatoms. The van der Waals surface area contributed by atoms with E-state index < -0.39 is 0 Å². The third kappa shape index (κ3) is 1.72. The summed E-state index contributed by atoms with van der Waals surface area (Å²) in [4.78, 5) is 3.39. The van der Waals surface area contributed by atoms with Crippen molar-refractivity contribution in [3.8, 4) is 11.1 Å². The number of hydrogen-bond acceptors (Lipinski definition) is 1. The third-order valence-corrected chi connectivity index (χ3v) is 4.96. The molecule has 0 bridgehead atoms. The fraction of sp³-hybridized carbons (Fsp3) is 0.263. The Morgan fingerprint density at radius 3 is 2.62 bits per heavy atom. The van der Waals surface area contributed by atoms with Crippen LogP contribution in [0.4, 0.5) is 5.69 Å². The second-order valence-corrected chi connectivity index (χ2v) is 6.58. The Morgan fingerprint density at radius 1 is 0.952 bits per heavy atom. The number of aromatic nitrogens is 1. The molecule has 0 saturated carbocycles. The minimum Gasteiger partial charge on any atom is -0.379 e. The molecule has 2 heterocycles. The summed E-state index contributed by atoms with van der Waals surface area (Å²) in [5, 5.41) is 4.96. The molecule has 21 heavy (non-hydrogen) atoms. The Hall–Kier alpha value is -2.22. The molecule has 0 amide bonds. The summed E-state index contributed by atoms with van der Waals surface area (Å²) in [5.74, 6) is 0.484. The van der Waals surface area contributed by atoms with E-state index in [4.69, 9.17) is 0 Å². The van der Waals surface area contributed by atoms with Gasteiger partial charge in [-0.25, -0.2) is 0 Å². The van der Waals surface area contributed by atoms with Gasteiger partial charge in [-0.05, 0) is 37.1 Å². The first-order valence-corrected chi connectivity index (χ1v) is 7.55. The predicted molar refractivity (Wildman–Crippen MR) is 89.9 cm³/mol. The van der Waals surface area contributed by atoms with Crippen LogP contribution in [0, 0.1) is 0 Å². The number of aromatic amines is 1. The van der Waals surface area contributed by atoms with E-state index in [1.54, 1.807) is 0 Å². The van der Waals surface area contributed by atoms with Gasteiger partial charge in [0.25, 0.3) is 0 Å². The van der Waals surface area contributed by atoms with Gasteiger partial charge in [0.2, 0.25) is 0 Å². The molecule has 2 aromatic carbocycles. The highest BCUT2D eigenvalue weighted by atomic mass is 15.0. The van der Waals surface area contributed by atoms with Crippen LogP contribution in [0.25, 0.3) is 22.0 Å². The molecule has 0 fully saturated rings. The summed E-state index contributed by atoms with van der Waals surface area (Å²) in [7, 11) is 0. The van der Waals surface area contributed by atoms with Gasteiger partial charge in [-0.3, -0.25) is 0 Å². The van der Waals surface area contributed by atoms with Gasteiger partial charge in [0.1, 0.15) is 0 Å². The zero-order chi connectivity index (χ0) is 14.6. The van der Waals surface area contributed by atoms with Gasteiger partial charge in [-0.1, -0.05) is 37.3 Å². The van der Waals surface area contributed by atoms with E-state index in [1.807, 2.05) is 0 Å². The van der Waals surface area contributed by atoms with Gasteiger partial charge >= 0.3 is 0 Å². The van der Waals surface area contributed by atoms with Crippen molar-refractivity contribution < 1.29 is 0 Å². The second-order valence-electron chi connectivity index (χ2n) is 6.58. The molecular weight excluding hydrogens is 256 g/mol. The van der Waals surface area contributed by atoms with Crippen molar-refractivity contribution in [2.24, 2.45) is 0 Å². The number of H-pyrrole nitrogens is 1. The number of para-hydroxylation sites is 1. The highest BCUT2D eigenvalue weighted by molar-refractivity contribution is 5.97. The molecule has 1 aliphatic rings. The van der Waals surface area contributed by atoms with Crippen molar-refractivity contribution in [3.63, 3.8) is 0 Å². The molecule has 2 nitrogen and oxygen atoms in total. The van der Waals surface area contributed by atoms with Crippen LogP contribution in [0.15, 0.2) is 48.7 Å². The van der Waals surface area contributed by atoms with Crippen LogP contribution in [-0.4, -0.2) is 10.5 Å². The van der Waals surface area contributed by atoms with Gasteiger partial charge < -0.3 is 10.3 Å².